The zero-order valence-electron chi connectivity index (χ0n) is 18.2. The normalized spacial score (nSPS) is 12.0. The second-order valence-corrected chi connectivity index (χ2v) is 8.49. The lowest BCUT2D eigenvalue weighted by Crippen LogP contribution is -2.27. The molecule has 0 aliphatic carbocycles. The van der Waals surface area contributed by atoms with Crippen LogP contribution in [0, 0.1) is 0 Å². The predicted molar refractivity (Wildman–Crippen MR) is 115 cm³/mol. The molecule has 26 heavy (non-hydrogen) atoms. The molecule has 0 aromatic carbocycles. The van der Waals surface area contributed by atoms with Crippen LogP contribution in [0.1, 0.15) is 149 Å². The Hall–Kier alpha value is -0.0800. The zero-order valence-corrected chi connectivity index (χ0v) is 18.2. The largest absolute Gasteiger partial charge is 0.366 e. The van der Waals surface area contributed by atoms with Crippen molar-refractivity contribution >= 4 is 0 Å². The number of hydrogen-bond acceptors (Lipinski definition) is 2. The molecule has 0 heterocycles. The molecular weight excluding hydrogens is 320 g/mol. The van der Waals surface area contributed by atoms with Crippen LogP contribution in [-0.4, -0.2) is 16.0 Å². The van der Waals surface area contributed by atoms with E-state index in [-0.39, 0.29) is 0 Å². The molecule has 0 saturated heterocycles. The molecule has 0 atom stereocenters. The Morgan fingerprint density at radius 2 is 0.615 bits per heavy atom. The van der Waals surface area contributed by atoms with Crippen LogP contribution in [0.5, 0.6) is 0 Å². The van der Waals surface area contributed by atoms with E-state index < -0.39 is 5.79 Å². The van der Waals surface area contributed by atoms with E-state index in [0.29, 0.717) is 12.8 Å². The Balaban J connectivity index is 3.31. The topological polar surface area (TPSA) is 40.5 Å². The van der Waals surface area contributed by atoms with Crippen LogP contribution in [-0.2, 0) is 0 Å². The average molecular weight is 371 g/mol. The molecule has 0 aromatic heterocycles. The van der Waals surface area contributed by atoms with Crippen LogP contribution in [0.15, 0.2) is 0 Å². The van der Waals surface area contributed by atoms with Gasteiger partial charge in [-0.2, -0.15) is 0 Å². The second-order valence-electron chi connectivity index (χ2n) is 8.49. The molecular formula is C24H50O2. The van der Waals surface area contributed by atoms with Crippen LogP contribution in [0.2, 0.25) is 0 Å². The van der Waals surface area contributed by atoms with Gasteiger partial charge < -0.3 is 10.2 Å². The summed E-state index contributed by atoms with van der Waals surface area (Å²) in [4.78, 5) is 0. The van der Waals surface area contributed by atoms with E-state index in [1.807, 2.05) is 0 Å². The van der Waals surface area contributed by atoms with Gasteiger partial charge in [-0.1, -0.05) is 123 Å². The van der Waals surface area contributed by atoms with Crippen molar-refractivity contribution in [3.05, 3.63) is 0 Å². The van der Waals surface area contributed by atoms with Gasteiger partial charge in [0.25, 0.3) is 0 Å². The Labute approximate surface area is 165 Å². The Bertz CT molecular complexity index is 263. The summed E-state index contributed by atoms with van der Waals surface area (Å²) in [6, 6.07) is 0. The first-order valence-electron chi connectivity index (χ1n) is 12.1. The number of unbranched alkanes of at least 4 members (excludes halogenated alkanes) is 17. The molecule has 0 amide bonds. The van der Waals surface area contributed by atoms with E-state index in [1.54, 1.807) is 0 Å². The number of hydrogen-bond donors (Lipinski definition) is 2. The summed E-state index contributed by atoms with van der Waals surface area (Å²) in [6.45, 7) is 4.52. The standard InChI is InChI=1S/C24H50O2/c1-3-5-7-9-11-13-15-17-19-21-23-24(25,26)22-20-18-16-14-12-10-8-6-4-2/h25-26H,3-23H2,1-2H3. The van der Waals surface area contributed by atoms with Crippen molar-refractivity contribution in [1.29, 1.82) is 0 Å². The fourth-order valence-electron chi connectivity index (χ4n) is 3.74. The van der Waals surface area contributed by atoms with Crippen molar-refractivity contribution in [1.82, 2.24) is 0 Å². The second kappa shape index (κ2) is 19.7. The zero-order chi connectivity index (χ0) is 19.3. The van der Waals surface area contributed by atoms with Crippen LogP contribution in [0.3, 0.4) is 0 Å². The summed E-state index contributed by atoms with van der Waals surface area (Å²) in [5.74, 6) is -1.42. The summed E-state index contributed by atoms with van der Waals surface area (Å²) in [7, 11) is 0. The lowest BCUT2D eigenvalue weighted by molar-refractivity contribution is -0.172. The van der Waals surface area contributed by atoms with E-state index in [0.717, 1.165) is 25.7 Å². The average Bonchev–Trinajstić information content (AvgIpc) is 2.62. The molecule has 0 spiro atoms. The quantitative estimate of drug-likeness (QED) is 0.159. The highest BCUT2D eigenvalue weighted by Crippen LogP contribution is 2.21. The van der Waals surface area contributed by atoms with E-state index in [9.17, 15) is 10.2 Å². The van der Waals surface area contributed by atoms with Gasteiger partial charge in [0.15, 0.2) is 5.79 Å². The molecule has 0 saturated carbocycles. The molecule has 158 valence electrons. The third-order valence-corrected chi connectivity index (χ3v) is 5.61. The minimum absolute atomic E-state index is 0.556. The summed E-state index contributed by atoms with van der Waals surface area (Å²) >= 11 is 0. The maximum absolute atomic E-state index is 10.1. The third-order valence-electron chi connectivity index (χ3n) is 5.61. The summed E-state index contributed by atoms with van der Waals surface area (Å²) in [5.41, 5.74) is 0. The minimum Gasteiger partial charge on any atom is -0.366 e. The molecule has 0 aliphatic rings. The number of aliphatic hydroxyl groups is 2. The summed E-state index contributed by atoms with van der Waals surface area (Å²) in [5, 5.41) is 20.2. The molecule has 0 bridgehead atoms. The molecule has 0 aromatic rings. The Morgan fingerprint density at radius 3 is 0.885 bits per heavy atom. The molecule has 0 aliphatic heterocycles. The van der Waals surface area contributed by atoms with Crippen molar-refractivity contribution in [2.24, 2.45) is 0 Å². The Morgan fingerprint density at radius 1 is 0.385 bits per heavy atom. The van der Waals surface area contributed by atoms with Crippen molar-refractivity contribution < 1.29 is 10.2 Å². The van der Waals surface area contributed by atoms with Crippen LogP contribution in [0.4, 0.5) is 0 Å². The first-order valence-corrected chi connectivity index (χ1v) is 12.1. The fourth-order valence-corrected chi connectivity index (χ4v) is 3.74. The molecule has 0 unspecified atom stereocenters. The van der Waals surface area contributed by atoms with Crippen molar-refractivity contribution in [3.8, 4) is 0 Å². The molecule has 2 heteroatoms. The van der Waals surface area contributed by atoms with Crippen LogP contribution in [0.25, 0.3) is 0 Å². The monoisotopic (exact) mass is 370 g/mol. The van der Waals surface area contributed by atoms with Gasteiger partial charge in [0.1, 0.15) is 0 Å². The molecule has 0 rings (SSSR count). The summed E-state index contributed by atoms with van der Waals surface area (Å²) in [6.07, 6.45) is 25.5. The highest BCUT2D eigenvalue weighted by Gasteiger charge is 2.21. The van der Waals surface area contributed by atoms with Gasteiger partial charge in [-0.3, -0.25) is 0 Å². The lowest BCUT2D eigenvalue weighted by atomic mass is 9.99. The lowest BCUT2D eigenvalue weighted by Gasteiger charge is -2.21. The maximum atomic E-state index is 10.1. The van der Waals surface area contributed by atoms with Crippen LogP contribution >= 0.6 is 0 Å². The molecule has 2 nitrogen and oxygen atoms in total. The molecule has 0 fully saturated rings. The number of rotatable bonds is 21. The van der Waals surface area contributed by atoms with Gasteiger partial charge >= 0.3 is 0 Å². The van der Waals surface area contributed by atoms with Crippen molar-refractivity contribution in [2.75, 3.05) is 0 Å². The van der Waals surface area contributed by atoms with Gasteiger partial charge in [0, 0.05) is 12.8 Å². The summed E-state index contributed by atoms with van der Waals surface area (Å²) < 4.78 is 0. The molecule has 0 radical (unpaired) electrons. The van der Waals surface area contributed by atoms with E-state index in [2.05, 4.69) is 13.8 Å². The van der Waals surface area contributed by atoms with E-state index in [4.69, 9.17) is 0 Å². The maximum Gasteiger partial charge on any atom is 0.162 e. The van der Waals surface area contributed by atoms with Crippen molar-refractivity contribution in [2.45, 2.75) is 154 Å². The van der Waals surface area contributed by atoms with Gasteiger partial charge in [0.05, 0.1) is 0 Å². The van der Waals surface area contributed by atoms with Gasteiger partial charge in [0.2, 0.25) is 0 Å². The first kappa shape index (κ1) is 25.9. The highest BCUT2D eigenvalue weighted by molar-refractivity contribution is 4.65. The van der Waals surface area contributed by atoms with Gasteiger partial charge in [-0.05, 0) is 12.8 Å². The third kappa shape index (κ3) is 20.2. The van der Waals surface area contributed by atoms with Crippen molar-refractivity contribution in [3.63, 3.8) is 0 Å². The SMILES string of the molecule is CCCCCCCCCCCCC(O)(O)CCCCCCCCCCC. The van der Waals surface area contributed by atoms with Gasteiger partial charge in [-0.15, -0.1) is 0 Å². The predicted octanol–water partition coefficient (Wildman–Crippen LogP) is 7.90. The smallest absolute Gasteiger partial charge is 0.162 e. The van der Waals surface area contributed by atoms with E-state index >= 15 is 0 Å². The van der Waals surface area contributed by atoms with Gasteiger partial charge in [-0.25, -0.2) is 0 Å². The molecule has 2 N–H and O–H groups in total. The van der Waals surface area contributed by atoms with Crippen LogP contribution < -0.4 is 0 Å². The first-order chi connectivity index (χ1) is 12.6. The fraction of sp³-hybridized carbons (Fsp3) is 1.00. The minimum atomic E-state index is -1.42. The Kier molecular flexibility index (Phi) is 19.6. The van der Waals surface area contributed by atoms with E-state index in [1.165, 1.54) is 96.3 Å². The highest BCUT2D eigenvalue weighted by atomic mass is 16.5.